The number of rotatable bonds is 31. The van der Waals surface area contributed by atoms with Crippen molar-refractivity contribution in [1.82, 2.24) is 31.9 Å². The summed E-state index contributed by atoms with van der Waals surface area (Å²) in [5.74, 6) is -2.43. The van der Waals surface area contributed by atoms with Crippen LogP contribution in [0.25, 0.3) is 0 Å². The molecule has 0 aromatic heterocycles. The van der Waals surface area contributed by atoms with E-state index in [4.69, 9.17) is 19.6 Å². The van der Waals surface area contributed by atoms with Gasteiger partial charge in [0.15, 0.2) is 5.78 Å². The first-order valence-corrected chi connectivity index (χ1v) is 25.5. The first-order valence-electron chi connectivity index (χ1n) is 24.5. The van der Waals surface area contributed by atoms with Crippen LogP contribution in [0.2, 0.25) is 0 Å². The SMILES string of the molecule is CC(=O)NCC(=O)N(c1ccccc1C)C1(C(=O)NCC(=O)N(CC(=O)NCCCOCCOCCOCCCNC(=O)CCCC2CC23SCC2NC(=O)NC23)c2ccccc2C)CC1CC(=O)C=N. The highest BCUT2D eigenvalue weighted by Gasteiger charge is 2.67. The maximum absolute atomic E-state index is 14.3. The van der Waals surface area contributed by atoms with Crippen LogP contribution in [0.5, 0.6) is 0 Å². The summed E-state index contributed by atoms with van der Waals surface area (Å²) in [6.07, 6.45) is 5.18. The van der Waals surface area contributed by atoms with Crippen molar-refractivity contribution in [2.45, 2.75) is 94.5 Å². The first-order chi connectivity index (χ1) is 34.2. The molecule has 6 atom stereocenters. The van der Waals surface area contributed by atoms with Gasteiger partial charge in [0.2, 0.25) is 35.4 Å². The van der Waals surface area contributed by atoms with Crippen LogP contribution >= 0.6 is 11.8 Å². The summed E-state index contributed by atoms with van der Waals surface area (Å²) in [6, 6.07) is 14.3. The zero-order valence-corrected chi connectivity index (χ0v) is 41.8. The van der Waals surface area contributed by atoms with Crippen molar-refractivity contribution in [2.75, 3.05) is 87.9 Å². The van der Waals surface area contributed by atoms with Crippen LogP contribution in [0.1, 0.15) is 69.4 Å². The molecule has 1 spiro atoms. The average molecular weight is 1000 g/mol. The number of urea groups is 1. The van der Waals surface area contributed by atoms with Crippen molar-refractivity contribution in [2.24, 2.45) is 11.8 Å². The van der Waals surface area contributed by atoms with E-state index in [2.05, 4.69) is 31.9 Å². The van der Waals surface area contributed by atoms with Gasteiger partial charge in [0.1, 0.15) is 12.1 Å². The smallest absolute Gasteiger partial charge is 0.315 e. The Balaban J connectivity index is 0.850. The number of nitrogens with one attached hydrogen (secondary N) is 7. The van der Waals surface area contributed by atoms with E-state index in [1.165, 1.54) is 16.7 Å². The summed E-state index contributed by atoms with van der Waals surface area (Å²) in [4.78, 5) is 106. The van der Waals surface area contributed by atoms with Gasteiger partial charge in [-0.2, -0.15) is 11.8 Å². The number of Topliss-reactive ketones (excluding diaryl/α,β-unsaturated/α-hetero) is 1. The van der Waals surface area contributed by atoms with E-state index in [0.717, 1.165) is 25.0 Å². The van der Waals surface area contributed by atoms with Gasteiger partial charge in [0, 0.05) is 73.9 Å². The first kappa shape index (κ1) is 54.4. The number of para-hydroxylation sites is 2. The van der Waals surface area contributed by atoms with E-state index < -0.39 is 59.9 Å². The van der Waals surface area contributed by atoms with E-state index in [0.29, 0.717) is 100 Å². The lowest BCUT2D eigenvalue weighted by Crippen LogP contribution is -2.57. The standard InChI is InChI=1S/C50H69N9O11S/c1-33-11-4-6-14-40(33)58(44(64)29-55-47(66)49(26-37(49)25-38(61)28-51)59(45(65)30-54-35(3)60)41-15-7-5-12-34(41)2)31-43(63)53-18-10-20-69-22-24-70-23-21-68-19-9-17-52-42(62)16-8-13-36-27-50(36)46-39(32-71-50)56-48(67)57-46/h4-7,11-12,14-15,28,36-37,39,46,51H,8-10,13,16-27,29-32H2,1-3H3,(H,52,62)(H,53,63)(H,54,60)(H,55,66)(H2,56,57,67). The molecule has 7 N–H and O–H groups in total. The lowest BCUT2D eigenvalue weighted by Gasteiger charge is -2.34. The monoisotopic (exact) mass is 1000 g/mol. The predicted octanol–water partition coefficient (Wildman–Crippen LogP) is 2.08. The van der Waals surface area contributed by atoms with Gasteiger partial charge in [-0.05, 0) is 81.5 Å². The van der Waals surface area contributed by atoms with E-state index >= 15 is 0 Å². The van der Waals surface area contributed by atoms with Crippen LogP contribution in [-0.2, 0) is 47.8 Å². The quantitative estimate of drug-likeness (QED) is 0.0325. The average Bonchev–Trinajstić information content (AvgIpc) is 4.16. The molecule has 6 unspecified atom stereocenters. The van der Waals surface area contributed by atoms with E-state index in [-0.39, 0.29) is 54.7 Å². The van der Waals surface area contributed by atoms with Crippen molar-refractivity contribution < 1.29 is 52.6 Å². The summed E-state index contributed by atoms with van der Waals surface area (Å²) < 4.78 is 17.0. The Morgan fingerprint density at radius 2 is 1.35 bits per heavy atom. The summed E-state index contributed by atoms with van der Waals surface area (Å²) in [7, 11) is 0. The Labute approximate surface area is 419 Å². The zero-order valence-electron chi connectivity index (χ0n) is 40.9. The zero-order chi connectivity index (χ0) is 51.0. The number of carbonyl (C=O) groups excluding carboxylic acids is 8. The predicted molar refractivity (Wildman–Crippen MR) is 267 cm³/mol. The summed E-state index contributed by atoms with van der Waals surface area (Å²) in [5.41, 5.74) is 0.632. The molecular formula is C50H69N9O11S. The second-order valence-corrected chi connectivity index (χ2v) is 19.9. The van der Waals surface area contributed by atoms with Crippen LogP contribution in [0, 0.1) is 31.1 Å². The van der Waals surface area contributed by atoms with Gasteiger partial charge in [-0.15, -0.1) is 0 Å². The van der Waals surface area contributed by atoms with Gasteiger partial charge in [-0.25, -0.2) is 4.79 Å². The number of hydrogen-bond acceptors (Lipinski definition) is 13. The molecule has 2 aromatic rings. The molecule has 8 amide bonds. The van der Waals surface area contributed by atoms with Crippen molar-refractivity contribution in [1.29, 1.82) is 5.41 Å². The lowest BCUT2D eigenvalue weighted by atomic mass is 10.0. The molecule has 2 heterocycles. The number of anilines is 2. The van der Waals surface area contributed by atoms with Crippen LogP contribution in [0.3, 0.4) is 0 Å². The Morgan fingerprint density at radius 3 is 1.99 bits per heavy atom. The van der Waals surface area contributed by atoms with E-state index in [1.807, 2.05) is 11.8 Å². The second-order valence-electron chi connectivity index (χ2n) is 18.5. The number of benzene rings is 2. The van der Waals surface area contributed by atoms with Crippen molar-refractivity contribution in [3.05, 3.63) is 59.7 Å². The summed E-state index contributed by atoms with van der Waals surface area (Å²) in [6.45, 7) is 6.73. The molecule has 2 aromatic carbocycles. The maximum Gasteiger partial charge on any atom is 0.315 e. The highest BCUT2D eigenvalue weighted by molar-refractivity contribution is 8.01. The van der Waals surface area contributed by atoms with Gasteiger partial charge in [-0.1, -0.05) is 36.4 Å². The van der Waals surface area contributed by atoms with Gasteiger partial charge in [-0.3, -0.25) is 38.5 Å². The molecule has 2 aliphatic carbocycles. The highest BCUT2D eigenvalue weighted by atomic mass is 32.2. The molecule has 2 aliphatic heterocycles. The Kier molecular flexibility index (Phi) is 19.9. The highest BCUT2D eigenvalue weighted by Crippen LogP contribution is 2.63. The van der Waals surface area contributed by atoms with Crippen LogP contribution in [-0.4, -0.2) is 154 Å². The number of nitrogens with zero attached hydrogens (tertiary/aromatic N) is 2. The van der Waals surface area contributed by atoms with Crippen LogP contribution in [0.15, 0.2) is 48.5 Å². The summed E-state index contributed by atoms with van der Waals surface area (Å²) >= 11 is 1.96. The van der Waals surface area contributed by atoms with Gasteiger partial charge in [0.05, 0.1) is 57.8 Å². The topological polar surface area (TPSA) is 267 Å². The molecule has 6 rings (SSSR count). The molecule has 2 saturated heterocycles. The number of amides is 8. The molecule has 21 heteroatoms. The molecule has 386 valence electrons. The van der Waals surface area contributed by atoms with Crippen LogP contribution < -0.4 is 41.7 Å². The normalized spacial score (nSPS) is 22.3. The lowest BCUT2D eigenvalue weighted by molar-refractivity contribution is -0.129. The number of hydrogen-bond donors (Lipinski definition) is 7. The number of aryl methyl sites for hydroxylation is 2. The molecule has 2 saturated carbocycles. The molecular weight excluding hydrogens is 935 g/mol. The van der Waals surface area contributed by atoms with Crippen molar-refractivity contribution >= 4 is 76.6 Å². The molecule has 4 fully saturated rings. The number of carbonyl (C=O) groups is 8. The van der Waals surface area contributed by atoms with E-state index in [9.17, 15) is 38.4 Å². The largest absolute Gasteiger partial charge is 0.379 e. The maximum atomic E-state index is 14.3. The van der Waals surface area contributed by atoms with Crippen molar-refractivity contribution in [3.63, 3.8) is 0 Å². The second kappa shape index (κ2) is 26.0. The number of thioether (sulfide) groups is 1. The number of ketones is 1. The minimum Gasteiger partial charge on any atom is -0.379 e. The molecule has 20 nitrogen and oxygen atoms in total. The van der Waals surface area contributed by atoms with Gasteiger partial charge in [0.25, 0.3) is 0 Å². The molecule has 4 aliphatic rings. The van der Waals surface area contributed by atoms with Crippen molar-refractivity contribution in [3.8, 4) is 0 Å². The Hall–Kier alpha value is -5.90. The summed E-state index contributed by atoms with van der Waals surface area (Å²) in [5, 5.41) is 24.5. The minimum atomic E-state index is -1.60. The van der Waals surface area contributed by atoms with Gasteiger partial charge >= 0.3 is 6.03 Å². The third-order valence-electron chi connectivity index (χ3n) is 13.4. The number of ether oxygens (including phenoxy) is 3. The number of fused-ring (bicyclic) bond motifs is 2. The molecule has 0 bridgehead atoms. The van der Waals surface area contributed by atoms with Crippen LogP contribution in [0.4, 0.5) is 16.2 Å². The fourth-order valence-electron chi connectivity index (χ4n) is 9.60. The third kappa shape index (κ3) is 14.6. The van der Waals surface area contributed by atoms with Gasteiger partial charge < -0.3 is 56.4 Å². The minimum absolute atomic E-state index is 0.0478. The molecule has 71 heavy (non-hydrogen) atoms. The Bertz CT molecular complexity index is 2270. The third-order valence-corrected chi connectivity index (χ3v) is 15.2. The fourth-order valence-corrected chi connectivity index (χ4v) is 11.4. The molecule has 0 radical (unpaired) electrons. The fraction of sp³-hybridized carbons (Fsp3) is 0.580. The van der Waals surface area contributed by atoms with E-state index in [1.54, 1.807) is 62.4 Å². The Morgan fingerprint density at radius 1 is 0.746 bits per heavy atom.